The third-order valence-corrected chi connectivity index (χ3v) is 7.22. The summed E-state index contributed by atoms with van der Waals surface area (Å²) >= 11 is 0. The average molecular weight is 581 g/mol. The Labute approximate surface area is 254 Å². The summed E-state index contributed by atoms with van der Waals surface area (Å²) in [6.07, 6.45) is -1.07. The molecule has 4 aromatic rings. The van der Waals surface area contributed by atoms with Gasteiger partial charge in [-0.05, 0) is 22.3 Å². The van der Waals surface area contributed by atoms with Crippen LogP contribution in [-0.4, -0.2) is 43.9 Å². The molecule has 6 heteroatoms. The first kappa shape index (κ1) is 30.8. The third kappa shape index (κ3) is 9.43. The van der Waals surface area contributed by atoms with Gasteiger partial charge in [-0.3, -0.25) is 0 Å². The molecule has 0 N–H and O–H groups in total. The Morgan fingerprint density at radius 3 is 1.40 bits per heavy atom. The smallest absolute Gasteiger partial charge is 0.187 e. The Morgan fingerprint density at radius 1 is 0.512 bits per heavy atom. The van der Waals surface area contributed by atoms with Crippen LogP contribution in [0.15, 0.2) is 134 Å². The monoisotopic (exact) mass is 580 g/mol. The summed E-state index contributed by atoms with van der Waals surface area (Å²) in [7, 11) is 0. The summed E-state index contributed by atoms with van der Waals surface area (Å²) in [5.74, 6) is 0. The second-order valence-electron chi connectivity index (χ2n) is 10.4. The highest BCUT2D eigenvalue weighted by molar-refractivity contribution is 5.16. The van der Waals surface area contributed by atoms with Crippen LogP contribution in [0.3, 0.4) is 0 Å². The Bertz CT molecular complexity index is 1320. The largest absolute Gasteiger partial charge is 0.374 e. The lowest BCUT2D eigenvalue weighted by atomic mass is 9.97. The minimum atomic E-state index is -0.718. The highest BCUT2D eigenvalue weighted by Gasteiger charge is 2.49. The van der Waals surface area contributed by atoms with E-state index in [1.165, 1.54) is 0 Å². The molecule has 0 aromatic heterocycles. The van der Waals surface area contributed by atoms with Crippen molar-refractivity contribution in [1.29, 1.82) is 0 Å². The van der Waals surface area contributed by atoms with Gasteiger partial charge in [0.25, 0.3) is 0 Å². The molecule has 224 valence electrons. The SMILES string of the molecule is C=CCOC1O[C@H](COCc2ccccc2)[C@H](OCc2ccccc2)[C@H](OCc2ccccc2)[C@H]1OCc1ccccc1. The molecular weight excluding hydrogens is 540 g/mol. The number of hydrogen-bond acceptors (Lipinski definition) is 6. The number of hydrogen-bond donors (Lipinski definition) is 0. The number of ether oxygens (including phenoxy) is 6. The van der Waals surface area contributed by atoms with E-state index in [9.17, 15) is 0 Å². The van der Waals surface area contributed by atoms with Crippen molar-refractivity contribution in [1.82, 2.24) is 0 Å². The van der Waals surface area contributed by atoms with Crippen molar-refractivity contribution in [3.8, 4) is 0 Å². The molecule has 1 fully saturated rings. The molecular formula is C37H40O6. The van der Waals surface area contributed by atoms with Crippen LogP contribution in [0.25, 0.3) is 0 Å². The normalized spacial score (nSPS) is 21.8. The van der Waals surface area contributed by atoms with Gasteiger partial charge in [-0.25, -0.2) is 0 Å². The van der Waals surface area contributed by atoms with Crippen molar-refractivity contribution in [3.05, 3.63) is 156 Å². The molecule has 1 aliphatic rings. The summed E-state index contributed by atoms with van der Waals surface area (Å²) in [6.45, 7) is 6.02. The van der Waals surface area contributed by atoms with Crippen LogP contribution < -0.4 is 0 Å². The topological polar surface area (TPSA) is 55.4 Å². The molecule has 1 saturated heterocycles. The van der Waals surface area contributed by atoms with Gasteiger partial charge in [0.15, 0.2) is 6.29 Å². The fourth-order valence-electron chi connectivity index (χ4n) is 5.04. The molecule has 0 amide bonds. The molecule has 0 aliphatic carbocycles. The minimum Gasteiger partial charge on any atom is -0.374 e. The van der Waals surface area contributed by atoms with Crippen molar-refractivity contribution in [2.75, 3.05) is 13.2 Å². The summed E-state index contributed by atoms with van der Waals surface area (Å²) in [4.78, 5) is 0. The highest BCUT2D eigenvalue weighted by Crippen LogP contribution is 2.31. The predicted octanol–water partition coefficient (Wildman–Crippen LogP) is 6.89. The molecule has 1 aliphatic heterocycles. The van der Waals surface area contributed by atoms with Crippen LogP contribution in [-0.2, 0) is 54.8 Å². The van der Waals surface area contributed by atoms with Crippen LogP contribution >= 0.6 is 0 Å². The van der Waals surface area contributed by atoms with E-state index in [-0.39, 0.29) is 0 Å². The van der Waals surface area contributed by atoms with Crippen LogP contribution in [0.5, 0.6) is 0 Å². The van der Waals surface area contributed by atoms with E-state index in [1.54, 1.807) is 6.08 Å². The minimum absolute atomic E-state index is 0.291. The maximum absolute atomic E-state index is 6.68. The Hall–Kier alpha value is -3.62. The molecule has 0 radical (unpaired) electrons. The maximum Gasteiger partial charge on any atom is 0.187 e. The lowest BCUT2D eigenvalue weighted by molar-refractivity contribution is -0.326. The highest BCUT2D eigenvalue weighted by atomic mass is 16.7. The van der Waals surface area contributed by atoms with Gasteiger partial charge in [0.1, 0.15) is 24.4 Å². The Morgan fingerprint density at radius 2 is 0.930 bits per heavy atom. The zero-order valence-electron chi connectivity index (χ0n) is 24.4. The van der Waals surface area contributed by atoms with Gasteiger partial charge >= 0.3 is 0 Å². The first-order valence-corrected chi connectivity index (χ1v) is 14.8. The van der Waals surface area contributed by atoms with Crippen molar-refractivity contribution >= 4 is 0 Å². The predicted molar refractivity (Wildman–Crippen MR) is 166 cm³/mol. The average Bonchev–Trinajstić information content (AvgIpc) is 3.07. The van der Waals surface area contributed by atoms with Crippen molar-refractivity contribution in [2.24, 2.45) is 0 Å². The van der Waals surface area contributed by atoms with Gasteiger partial charge < -0.3 is 28.4 Å². The van der Waals surface area contributed by atoms with Crippen LogP contribution in [0.1, 0.15) is 22.3 Å². The van der Waals surface area contributed by atoms with Gasteiger partial charge in [-0.1, -0.05) is 127 Å². The molecule has 43 heavy (non-hydrogen) atoms. The molecule has 0 spiro atoms. The Balaban J connectivity index is 1.41. The summed E-state index contributed by atoms with van der Waals surface area (Å²) in [6, 6.07) is 40.3. The number of benzene rings is 4. The first-order valence-electron chi connectivity index (χ1n) is 14.8. The fourth-order valence-corrected chi connectivity index (χ4v) is 5.04. The van der Waals surface area contributed by atoms with Crippen LogP contribution in [0.2, 0.25) is 0 Å². The quantitative estimate of drug-likeness (QED) is 0.135. The Kier molecular flexibility index (Phi) is 12.1. The van der Waals surface area contributed by atoms with E-state index in [2.05, 4.69) is 6.58 Å². The second-order valence-corrected chi connectivity index (χ2v) is 10.4. The lowest BCUT2D eigenvalue weighted by Crippen LogP contribution is -2.61. The van der Waals surface area contributed by atoms with E-state index in [0.29, 0.717) is 39.6 Å². The zero-order valence-corrected chi connectivity index (χ0v) is 24.4. The van der Waals surface area contributed by atoms with E-state index in [4.69, 9.17) is 28.4 Å². The molecule has 5 atom stereocenters. The van der Waals surface area contributed by atoms with Crippen molar-refractivity contribution in [2.45, 2.75) is 57.1 Å². The van der Waals surface area contributed by atoms with Crippen molar-refractivity contribution in [3.63, 3.8) is 0 Å². The van der Waals surface area contributed by atoms with E-state index >= 15 is 0 Å². The zero-order chi connectivity index (χ0) is 29.5. The van der Waals surface area contributed by atoms with Gasteiger partial charge in [0.2, 0.25) is 0 Å². The summed E-state index contributed by atoms with van der Waals surface area (Å²) < 4.78 is 38.8. The lowest BCUT2D eigenvalue weighted by Gasteiger charge is -2.45. The molecule has 0 bridgehead atoms. The molecule has 4 aromatic carbocycles. The standard InChI is InChI=1S/C37H40O6/c1-2-23-39-37-36(42-27-32-21-13-6-14-22-32)35(41-26-31-19-11-5-12-20-31)34(40-25-30-17-9-4-10-18-30)33(43-37)28-38-24-29-15-7-3-8-16-29/h2-22,33-37H,1,23-28H2/t33-,34+,35+,36-,37?/m1/s1. The maximum atomic E-state index is 6.68. The molecule has 5 rings (SSSR count). The van der Waals surface area contributed by atoms with Gasteiger partial charge in [0.05, 0.1) is 39.6 Å². The van der Waals surface area contributed by atoms with Crippen molar-refractivity contribution < 1.29 is 28.4 Å². The first-order chi connectivity index (χ1) is 21.3. The fraction of sp³-hybridized carbons (Fsp3) is 0.297. The van der Waals surface area contributed by atoms with Gasteiger partial charge in [0, 0.05) is 0 Å². The second kappa shape index (κ2) is 16.9. The van der Waals surface area contributed by atoms with Gasteiger partial charge in [-0.2, -0.15) is 0 Å². The van der Waals surface area contributed by atoms with Crippen LogP contribution in [0.4, 0.5) is 0 Å². The van der Waals surface area contributed by atoms with E-state index in [0.717, 1.165) is 22.3 Å². The molecule has 1 unspecified atom stereocenters. The van der Waals surface area contributed by atoms with E-state index < -0.39 is 30.7 Å². The summed E-state index contributed by atoms with van der Waals surface area (Å²) in [5.41, 5.74) is 4.24. The molecule has 1 heterocycles. The van der Waals surface area contributed by atoms with Gasteiger partial charge in [-0.15, -0.1) is 6.58 Å². The molecule has 6 nitrogen and oxygen atoms in total. The summed E-state index contributed by atoms with van der Waals surface area (Å²) in [5, 5.41) is 0. The third-order valence-electron chi connectivity index (χ3n) is 7.22. The van der Waals surface area contributed by atoms with Crippen LogP contribution in [0, 0.1) is 0 Å². The molecule has 0 saturated carbocycles. The number of rotatable bonds is 16. The van der Waals surface area contributed by atoms with E-state index in [1.807, 2.05) is 121 Å².